The van der Waals surface area contributed by atoms with Gasteiger partial charge in [0.05, 0.1) is 48.7 Å². The summed E-state index contributed by atoms with van der Waals surface area (Å²) >= 11 is 1.33. The second-order valence-corrected chi connectivity index (χ2v) is 19.6. The van der Waals surface area contributed by atoms with Crippen LogP contribution in [0.15, 0.2) is 60.0 Å². The third-order valence-corrected chi connectivity index (χ3v) is 14.0. The molecule has 2 heterocycles. The van der Waals surface area contributed by atoms with E-state index < -0.39 is 42.3 Å². The Morgan fingerprint density at radius 1 is 0.894 bits per heavy atom. The maximum Gasteiger partial charge on any atom is 0.270 e. The average Bonchev–Trinajstić information content (AvgIpc) is 3.99. The third kappa shape index (κ3) is 14.4. The molecular formula is C51H76N7O7S. The van der Waals surface area contributed by atoms with Crippen molar-refractivity contribution in [3.8, 4) is 0 Å². The molecule has 66 heavy (non-hydrogen) atoms. The van der Waals surface area contributed by atoms with Crippen molar-refractivity contribution in [1.82, 2.24) is 35.6 Å². The fourth-order valence-electron chi connectivity index (χ4n) is 9.32. The monoisotopic (exact) mass is 931 g/mol. The van der Waals surface area contributed by atoms with Gasteiger partial charge in [0, 0.05) is 39.7 Å². The molecule has 2 aromatic carbocycles. The SMILES string of the molecule is CC[C@H](C)[C@@H]([C@@H](CC(=O)N1CCC[C@H]1[C@H](OC)[C@@H](C)C(=O)N[C@@H](Cc1ccccc1)c1nc(C(=O)NCCc2cc[c]cc2)cs1)OC)N(C)C(=O)[C@@H](NC(=O)[C@H](C(C)C)N(C)C)C(C)C. The molecule has 4 rings (SSSR count). The summed E-state index contributed by atoms with van der Waals surface area (Å²) in [5.74, 6) is -1.99. The maximum absolute atomic E-state index is 14.5. The molecule has 1 radical (unpaired) electrons. The first kappa shape index (κ1) is 53.9. The van der Waals surface area contributed by atoms with Crippen molar-refractivity contribution in [3.63, 3.8) is 0 Å². The van der Waals surface area contributed by atoms with Crippen LogP contribution in [-0.2, 0) is 41.5 Å². The Morgan fingerprint density at radius 3 is 2.17 bits per heavy atom. The summed E-state index contributed by atoms with van der Waals surface area (Å²) in [6.07, 6.45) is 1.97. The number of likely N-dealkylation sites (N-methyl/N-ethyl adjacent to an activating group) is 2. The third-order valence-electron chi connectivity index (χ3n) is 13.1. The molecule has 0 saturated carbocycles. The van der Waals surface area contributed by atoms with Gasteiger partial charge in [-0.25, -0.2) is 4.98 Å². The van der Waals surface area contributed by atoms with Crippen molar-refractivity contribution < 1.29 is 33.4 Å². The number of ether oxygens (including phenoxy) is 2. The van der Waals surface area contributed by atoms with E-state index >= 15 is 0 Å². The molecule has 0 unspecified atom stereocenters. The van der Waals surface area contributed by atoms with Gasteiger partial charge in [0.15, 0.2) is 0 Å². The summed E-state index contributed by atoms with van der Waals surface area (Å²) in [5, 5.41) is 11.6. The van der Waals surface area contributed by atoms with Gasteiger partial charge in [-0.05, 0) is 74.7 Å². The quantitative estimate of drug-likeness (QED) is 0.0931. The van der Waals surface area contributed by atoms with E-state index in [1.165, 1.54) is 11.3 Å². The highest BCUT2D eigenvalue weighted by atomic mass is 32.1. The molecule has 1 saturated heterocycles. The largest absolute Gasteiger partial charge is 0.379 e. The molecule has 0 spiro atoms. The number of aromatic nitrogens is 1. The predicted octanol–water partition coefficient (Wildman–Crippen LogP) is 5.96. The molecule has 5 amide bonds. The van der Waals surface area contributed by atoms with Crippen LogP contribution in [0.25, 0.3) is 0 Å². The maximum atomic E-state index is 14.5. The number of nitrogens with zero attached hydrogens (tertiary/aromatic N) is 4. The van der Waals surface area contributed by atoms with Crippen LogP contribution in [0.2, 0.25) is 0 Å². The summed E-state index contributed by atoms with van der Waals surface area (Å²) in [6.45, 7) is 14.7. The average molecular weight is 931 g/mol. The molecular weight excluding hydrogens is 855 g/mol. The minimum Gasteiger partial charge on any atom is -0.379 e. The van der Waals surface area contributed by atoms with E-state index in [9.17, 15) is 24.0 Å². The highest BCUT2D eigenvalue weighted by Crippen LogP contribution is 2.31. The summed E-state index contributed by atoms with van der Waals surface area (Å²) in [4.78, 5) is 79.9. The second kappa shape index (κ2) is 26.0. The number of hydrogen-bond acceptors (Lipinski definition) is 10. The lowest BCUT2D eigenvalue weighted by atomic mass is 9.89. The molecule has 1 aliphatic heterocycles. The summed E-state index contributed by atoms with van der Waals surface area (Å²) in [7, 11) is 8.59. The van der Waals surface area contributed by atoms with Gasteiger partial charge in [-0.1, -0.05) is 109 Å². The fourth-order valence-corrected chi connectivity index (χ4v) is 10.2. The van der Waals surface area contributed by atoms with Crippen molar-refractivity contribution in [2.75, 3.05) is 48.5 Å². The van der Waals surface area contributed by atoms with E-state index in [1.54, 1.807) is 31.5 Å². The molecule has 3 aromatic rings. The first-order valence-corrected chi connectivity index (χ1v) is 24.4. The van der Waals surface area contributed by atoms with Crippen molar-refractivity contribution in [3.05, 3.63) is 87.9 Å². The van der Waals surface area contributed by atoms with Crippen LogP contribution in [0.4, 0.5) is 0 Å². The Kier molecular flexibility index (Phi) is 21.2. The van der Waals surface area contributed by atoms with Gasteiger partial charge >= 0.3 is 0 Å². The second-order valence-electron chi connectivity index (χ2n) is 18.7. The van der Waals surface area contributed by atoms with Crippen molar-refractivity contribution >= 4 is 40.9 Å². The molecule has 9 atom stereocenters. The molecule has 1 fully saturated rings. The number of carbonyl (C=O) groups excluding carboxylic acids is 5. The number of benzene rings is 2. The predicted molar refractivity (Wildman–Crippen MR) is 260 cm³/mol. The zero-order valence-electron chi connectivity index (χ0n) is 41.3. The van der Waals surface area contributed by atoms with Crippen LogP contribution in [0.1, 0.15) is 107 Å². The van der Waals surface area contributed by atoms with Crippen LogP contribution >= 0.6 is 11.3 Å². The van der Waals surface area contributed by atoms with Crippen LogP contribution in [0.3, 0.4) is 0 Å². The van der Waals surface area contributed by atoms with E-state index in [-0.39, 0.29) is 59.8 Å². The van der Waals surface area contributed by atoms with E-state index in [1.807, 2.05) is 127 Å². The van der Waals surface area contributed by atoms with Gasteiger partial charge in [-0.3, -0.25) is 28.9 Å². The molecule has 14 nitrogen and oxygen atoms in total. The summed E-state index contributed by atoms with van der Waals surface area (Å²) < 4.78 is 12.2. The van der Waals surface area contributed by atoms with Crippen LogP contribution in [0, 0.1) is 29.7 Å². The Morgan fingerprint density at radius 2 is 1.58 bits per heavy atom. The van der Waals surface area contributed by atoms with Gasteiger partial charge in [0.1, 0.15) is 16.7 Å². The molecule has 0 bridgehead atoms. The Hall–Kier alpha value is -4.70. The van der Waals surface area contributed by atoms with Gasteiger partial charge in [-0.15, -0.1) is 11.3 Å². The molecule has 363 valence electrons. The molecule has 3 N–H and O–H groups in total. The smallest absolute Gasteiger partial charge is 0.270 e. The van der Waals surface area contributed by atoms with E-state index in [0.717, 1.165) is 24.0 Å². The van der Waals surface area contributed by atoms with Gasteiger partial charge in [-0.2, -0.15) is 0 Å². The zero-order valence-corrected chi connectivity index (χ0v) is 42.2. The first-order valence-electron chi connectivity index (χ1n) is 23.5. The van der Waals surface area contributed by atoms with E-state index in [2.05, 4.69) is 22.0 Å². The normalized spacial score (nSPS) is 17.7. The van der Waals surface area contributed by atoms with Crippen LogP contribution in [0.5, 0.6) is 0 Å². The van der Waals surface area contributed by atoms with Gasteiger partial charge in [0.2, 0.25) is 23.6 Å². The number of methoxy groups -OCH3 is 2. The van der Waals surface area contributed by atoms with Crippen molar-refractivity contribution in [2.45, 2.75) is 129 Å². The van der Waals surface area contributed by atoms with Crippen molar-refractivity contribution in [2.24, 2.45) is 23.7 Å². The highest BCUT2D eigenvalue weighted by molar-refractivity contribution is 7.09. The Bertz CT molecular complexity index is 1990. The number of thiazole rings is 1. The first-order chi connectivity index (χ1) is 31.4. The van der Waals surface area contributed by atoms with E-state index in [4.69, 9.17) is 14.5 Å². The summed E-state index contributed by atoms with van der Waals surface area (Å²) in [5.41, 5.74) is 2.38. The molecule has 15 heteroatoms. The topological polar surface area (TPSA) is 163 Å². The van der Waals surface area contributed by atoms with Crippen LogP contribution in [-0.4, -0.2) is 134 Å². The Labute approximate surface area is 398 Å². The minimum atomic E-state index is -0.778. The van der Waals surface area contributed by atoms with Crippen molar-refractivity contribution in [1.29, 1.82) is 0 Å². The molecule has 0 aliphatic carbocycles. The lowest BCUT2D eigenvalue weighted by Gasteiger charge is -2.41. The standard InChI is InChI=1S/C51H76N7O7S/c1-13-34(6)45(57(10)51(63)43(32(2)3)55-49(62)44(33(4)5)56(8)9)41(64-11)30-42(59)58-28-20-25-40(58)46(65-12)35(7)47(60)53-38(29-37-23-18-15-19-24-37)50-54-39(31-66-50)48(61)52-27-26-36-21-16-14-17-22-36/h15-19,21-24,31-35,38,40-41,43-46H,13,20,25-30H2,1-12H3,(H,52,61)(H,53,60)(H,55,62)/t34-,35+,38-,40-,41+,43-,44-,45-,46+/m0/s1. The lowest BCUT2D eigenvalue weighted by molar-refractivity contribution is -0.148. The Balaban J connectivity index is 1.49. The number of likely N-dealkylation sites (tertiary alicyclic amines) is 1. The van der Waals surface area contributed by atoms with Crippen LogP contribution < -0.4 is 16.0 Å². The van der Waals surface area contributed by atoms with Gasteiger partial charge in [0.25, 0.3) is 5.91 Å². The minimum absolute atomic E-state index is 0.00942. The number of rotatable bonds is 25. The fraction of sp³-hybridized carbons (Fsp3) is 0.608. The van der Waals surface area contributed by atoms with E-state index in [0.29, 0.717) is 43.1 Å². The number of amides is 5. The highest BCUT2D eigenvalue weighted by Gasteiger charge is 2.43. The number of carbonyl (C=O) groups is 5. The lowest BCUT2D eigenvalue weighted by Crippen LogP contribution is -2.59. The number of hydrogen-bond donors (Lipinski definition) is 3. The molecule has 1 aliphatic rings. The molecule has 1 aromatic heterocycles. The van der Waals surface area contributed by atoms with Gasteiger partial charge < -0.3 is 35.2 Å². The zero-order chi connectivity index (χ0) is 48.7. The number of nitrogens with one attached hydrogen (secondary N) is 3. The summed E-state index contributed by atoms with van der Waals surface area (Å²) in [6, 6.07) is 17.9.